The van der Waals surface area contributed by atoms with Crippen molar-refractivity contribution in [2.75, 3.05) is 26.2 Å². The first-order valence-electron chi connectivity index (χ1n) is 9.56. The van der Waals surface area contributed by atoms with Crippen molar-refractivity contribution in [1.29, 1.82) is 0 Å². The van der Waals surface area contributed by atoms with Crippen LogP contribution in [0.25, 0.3) is 0 Å². The van der Waals surface area contributed by atoms with Gasteiger partial charge in [0.05, 0.1) is 11.6 Å². The van der Waals surface area contributed by atoms with Gasteiger partial charge in [-0.2, -0.15) is 0 Å². The summed E-state index contributed by atoms with van der Waals surface area (Å²) in [4.78, 5) is 21.1. The average Bonchev–Trinajstić information content (AvgIpc) is 2.76. The summed E-state index contributed by atoms with van der Waals surface area (Å²) in [5, 5.41) is 0. The second-order valence-corrected chi connectivity index (χ2v) is 8.00. The summed E-state index contributed by atoms with van der Waals surface area (Å²) in [6.07, 6.45) is 3.27. The van der Waals surface area contributed by atoms with Crippen molar-refractivity contribution < 1.29 is 9.18 Å². The molecular formula is C23H21BrFN3O. The van der Waals surface area contributed by atoms with Crippen LogP contribution in [-0.4, -0.2) is 46.9 Å². The molecule has 1 unspecified atom stereocenters. The van der Waals surface area contributed by atoms with Crippen LogP contribution in [0.15, 0.2) is 77.5 Å². The van der Waals surface area contributed by atoms with E-state index in [1.54, 1.807) is 18.5 Å². The third-order valence-electron chi connectivity index (χ3n) is 5.22. The highest BCUT2D eigenvalue weighted by atomic mass is 79.9. The van der Waals surface area contributed by atoms with Crippen molar-refractivity contribution in [1.82, 2.24) is 14.8 Å². The SMILES string of the molecule is O=C(c1cncc(Br)c1)N1CCN(C(c2ccccc2)c2ccc(F)cc2)CC1. The number of carbonyl (C=O) groups excluding carboxylic acids is 1. The molecule has 1 atom stereocenters. The largest absolute Gasteiger partial charge is 0.336 e. The van der Waals surface area contributed by atoms with Crippen molar-refractivity contribution in [3.05, 3.63) is 100 Å². The minimum Gasteiger partial charge on any atom is -0.336 e. The molecule has 0 aliphatic carbocycles. The Morgan fingerprint density at radius 3 is 2.24 bits per heavy atom. The molecule has 4 nitrogen and oxygen atoms in total. The van der Waals surface area contributed by atoms with Crippen LogP contribution in [0.4, 0.5) is 4.39 Å². The summed E-state index contributed by atoms with van der Waals surface area (Å²) in [6, 6.07) is 18.8. The fraction of sp³-hybridized carbons (Fsp3) is 0.217. The van der Waals surface area contributed by atoms with Crippen LogP contribution < -0.4 is 0 Å². The van der Waals surface area contributed by atoms with Gasteiger partial charge in [-0.05, 0) is 45.3 Å². The number of carbonyl (C=O) groups is 1. The minimum absolute atomic E-state index is 0.00325. The Labute approximate surface area is 178 Å². The molecule has 148 valence electrons. The second-order valence-electron chi connectivity index (χ2n) is 7.08. The maximum Gasteiger partial charge on any atom is 0.255 e. The molecule has 0 spiro atoms. The number of amides is 1. The molecule has 0 radical (unpaired) electrons. The van der Waals surface area contributed by atoms with Crippen LogP contribution in [0.1, 0.15) is 27.5 Å². The van der Waals surface area contributed by atoms with Crippen LogP contribution in [0.3, 0.4) is 0 Å². The molecule has 1 aliphatic heterocycles. The predicted molar refractivity (Wildman–Crippen MR) is 114 cm³/mol. The summed E-state index contributed by atoms with van der Waals surface area (Å²) >= 11 is 3.37. The van der Waals surface area contributed by atoms with Crippen molar-refractivity contribution in [2.24, 2.45) is 0 Å². The van der Waals surface area contributed by atoms with Crippen LogP contribution >= 0.6 is 15.9 Å². The number of hydrogen-bond acceptors (Lipinski definition) is 3. The predicted octanol–water partition coefficient (Wildman–Crippen LogP) is 4.53. The van der Waals surface area contributed by atoms with E-state index in [-0.39, 0.29) is 17.8 Å². The number of hydrogen-bond donors (Lipinski definition) is 0. The van der Waals surface area contributed by atoms with Gasteiger partial charge in [-0.3, -0.25) is 14.7 Å². The monoisotopic (exact) mass is 453 g/mol. The van der Waals surface area contributed by atoms with E-state index >= 15 is 0 Å². The first kappa shape index (κ1) is 19.7. The molecule has 2 heterocycles. The zero-order valence-corrected chi connectivity index (χ0v) is 17.4. The molecule has 0 N–H and O–H groups in total. The van der Waals surface area contributed by atoms with Crippen molar-refractivity contribution >= 4 is 21.8 Å². The highest BCUT2D eigenvalue weighted by Gasteiger charge is 2.28. The Morgan fingerprint density at radius 2 is 1.59 bits per heavy atom. The molecular weight excluding hydrogens is 433 g/mol. The van der Waals surface area contributed by atoms with Crippen molar-refractivity contribution in [3.63, 3.8) is 0 Å². The van der Waals surface area contributed by atoms with Gasteiger partial charge in [-0.1, -0.05) is 42.5 Å². The number of piperazine rings is 1. The topological polar surface area (TPSA) is 36.4 Å². The van der Waals surface area contributed by atoms with Crippen molar-refractivity contribution in [2.45, 2.75) is 6.04 Å². The van der Waals surface area contributed by atoms with Crippen molar-refractivity contribution in [3.8, 4) is 0 Å². The summed E-state index contributed by atoms with van der Waals surface area (Å²) in [6.45, 7) is 2.75. The van der Waals surface area contributed by atoms with Gasteiger partial charge in [0.2, 0.25) is 0 Å². The van der Waals surface area contributed by atoms with E-state index in [1.807, 2.05) is 35.2 Å². The molecule has 1 amide bonds. The minimum atomic E-state index is -0.237. The average molecular weight is 454 g/mol. The number of pyridine rings is 1. The number of nitrogens with zero attached hydrogens (tertiary/aromatic N) is 3. The molecule has 1 aliphatic rings. The molecule has 1 fully saturated rings. The number of aromatic nitrogens is 1. The lowest BCUT2D eigenvalue weighted by atomic mass is 9.96. The number of halogens is 2. The zero-order chi connectivity index (χ0) is 20.2. The van der Waals surface area contributed by atoms with E-state index in [4.69, 9.17) is 0 Å². The van der Waals surface area contributed by atoms with Gasteiger partial charge in [-0.25, -0.2) is 4.39 Å². The second kappa shape index (κ2) is 8.84. The van der Waals surface area contributed by atoms with E-state index in [0.717, 1.165) is 28.7 Å². The van der Waals surface area contributed by atoms with Gasteiger partial charge in [-0.15, -0.1) is 0 Å². The lowest BCUT2D eigenvalue weighted by Crippen LogP contribution is -2.49. The summed E-state index contributed by atoms with van der Waals surface area (Å²) in [7, 11) is 0. The number of benzene rings is 2. The molecule has 29 heavy (non-hydrogen) atoms. The Balaban J connectivity index is 1.52. The quantitative estimate of drug-likeness (QED) is 0.582. The van der Waals surface area contributed by atoms with Gasteiger partial charge in [0, 0.05) is 43.0 Å². The normalized spacial score (nSPS) is 15.9. The van der Waals surface area contributed by atoms with Crippen LogP contribution in [-0.2, 0) is 0 Å². The van der Waals surface area contributed by atoms with E-state index in [2.05, 4.69) is 37.9 Å². The summed E-state index contributed by atoms with van der Waals surface area (Å²) in [5.74, 6) is -0.241. The lowest BCUT2D eigenvalue weighted by molar-refractivity contribution is 0.0597. The summed E-state index contributed by atoms with van der Waals surface area (Å²) < 4.78 is 14.3. The van der Waals surface area contributed by atoms with E-state index in [1.165, 1.54) is 12.1 Å². The Hall–Kier alpha value is -2.57. The maximum atomic E-state index is 13.5. The highest BCUT2D eigenvalue weighted by Crippen LogP contribution is 2.30. The molecule has 0 saturated carbocycles. The van der Waals surface area contributed by atoms with E-state index in [9.17, 15) is 9.18 Å². The molecule has 1 saturated heterocycles. The van der Waals surface area contributed by atoms with Gasteiger partial charge < -0.3 is 4.90 Å². The Kier molecular flexibility index (Phi) is 6.02. The first-order chi connectivity index (χ1) is 14.1. The lowest BCUT2D eigenvalue weighted by Gasteiger charge is -2.39. The van der Waals surface area contributed by atoms with Gasteiger partial charge in [0.15, 0.2) is 0 Å². The fourth-order valence-electron chi connectivity index (χ4n) is 3.79. The molecule has 2 aromatic carbocycles. The third-order valence-corrected chi connectivity index (χ3v) is 5.65. The van der Waals surface area contributed by atoms with Gasteiger partial charge in [0.1, 0.15) is 5.82 Å². The first-order valence-corrected chi connectivity index (χ1v) is 10.4. The molecule has 0 bridgehead atoms. The van der Waals surface area contributed by atoms with E-state index in [0.29, 0.717) is 18.7 Å². The summed E-state index contributed by atoms with van der Waals surface area (Å²) in [5.41, 5.74) is 2.80. The highest BCUT2D eigenvalue weighted by molar-refractivity contribution is 9.10. The zero-order valence-electron chi connectivity index (χ0n) is 15.8. The fourth-order valence-corrected chi connectivity index (χ4v) is 4.15. The molecule has 6 heteroatoms. The maximum absolute atomic E-state index is 13.5. The standard InChI is InChI=1S/C23H21BrFN3O/c24-20-14-19(15-26-16-20)23(29)28-12-10-27(11-13-28)22(17-4-2-1-3-5-17)18-6-8-21(25)9-7-18/h1-9,14-16,22H,10-13H2. The van der Waals surface area contributed by atoms with Crippen LogP contribution in [0, 0.1) is 5.82 Å². The Bertz CT molecular complexity index is 973. The molecule has 3 aromatic rings. The third kappa shape index (κ3) is 4.54. The molecule has 1 aromatic heterocycles. The Morgan fingerprint density at radius 1 is 0.931 bits per heavy atom. The van der Waals surface area contributed by atoms with Crippen LogP contribution in [0.5, 0.6) is 0 Å². The number of rotatable bonds is 4. The smallest absolute Gasteiger partial charge is 0.255 e. The van der Waals surface area contributed by atoms with Gasteiger partial charge >= 0.3 is 0 Å². The van der Waals surface area contributed by atoms with Gasteiger partial charge in [0.25, 0.3) is 5.91 Å². The molecule has 4 rings (SSSR count). The van der Waals surface area contributed by atoms with E-state index < -0.39 is 0 Å². The van der Waals surface area contributed by atoms with Crippen LogP contribution in [0.2, 0.25) is 0 Å².